The van der Waals surface area contributed by atoms with Crippen molar-refractivity contribution in [1.29, 1.82) is 0 Å². The molecule has 0 unspecified atom stereocenters. The molecule has 16 heavy (non-hydrogen) atoms. The van der Waals surface area contributed by atoms with Crippen molar-refractivity contribution < 1.29 is 13.5 Å². The second-order valence-corrected chi connectivity index (χ2v) is 3.51. The van der Waals surface area contributed by atoms with Gasteiger partial charge in [0.2, 0.25) is 5.91 Å². The van der Waals surface area contributed by atoms with Crippen molar-refractivity contribution in [1.82, 2.24) is 10.3 Å². The zero-order chi connectivity index (χ0) is 12.0. The second kappa shape index (κ2) is 6.06. The van der Waals surface area contributed by atoms with Crippen molar-refractivity contribution in [3.8, 4) is 0 Å². The Hall–Kier alpha value is -1.63. The fourth-order valence-electron chi connectivity index (χ4n) is 0.962. The highest BCUT2D eigenvalue weighted by Gasteiger charge is 2.06. The summed E-state index contributed by atoms with van der Waals surface area (Å²) >= 11 is 0.00698. The number of hydrogen-bond acceptors (Lipinski definition) is 4. The molecule has 0 saturated carbocycles. The quantitative estimate of drug-likeness (QED) is 0.795. The molecular formula is C9H10FN3O2S. The lowest BCUT2D eigenvalue weighted by molar-refractivity contribution is -0.117. The molecule has 1 heterocycles. The van der Waals surface area contributed by atoms with Crippen molar-refractivity contribution in [3.05, 3.63) is 23.9 Å². The zero-order valence-electron chi connectivity index (χ0n) is 8.27. The van der Waals surface area contributed by atoms with Crippen LogP contribution in [0.1, 0.15) is 16.8 Å². The zero-order valence-corrected chi connectivity index (χ0v) is 9.09. The Kier molecular flexibility index (Phi) is 4.71. The molecular weight excluding hydrogens is 233 g/mol. The van der Waals surface area contributed by atoms with Crippen molar-refractivity contribution in [2.75, 3.05) is 6.54 Å². The number of carbonyl (C=O) groups excluding carboxylic acids is 2. The van der Waals surface area contributed by atoms with Crippen LogP contribution >= 0.6 is 12.1 Å². The highest BCUT2D eigenvalue weighted by atomic mass is 32.2. The van der Waals surface area contributed by atoms with E-state index in [0.717, 1.165) is 0 Å². The first-order valence-corrected chi connectivity index (χ1v) is 5.16. The molecule has 0 aliphatic heterocycles. The summed E-state index contributed by atoms with van der Waals surface area (Å²) in [5.41, 5.74) is 5.22. The summed E-state index contributed by atoms with van der Waals surface area (Å²) in [7, 11) is 0. The van der Waals surface area contributed by atoms with Crippen LogP contribution in [-0.4, -0.2) is 23.3 Å². The van der Waals surface area contributed by atoms with Gasteiger partial charge in [-0.25, -0.2) is 4.98 Å². The number of hydrogen-bond donors (Lipinski definition) is 2. The molecule has 3 N–H and O–H groups in total. The predicted octanol–water partition coefficient (Wildman–Crippen LogP) is 0.663. The van der Waals surface area contributed by atoms with E-state index in [9.17, 15) is 13.5 Å². The molecule has 7 heteroatoms. The second-order valence-electron chi connectivity index (χ2n) is 2.93. The molecule has 1 aromatic rings. The van der Waals surface area contributed by atoms with E-state index in [0.29, 0.717) is 5.56 Å². The summed E-state index contributed by atoms with van der Waals surface area (Å²) in [6.45, 7) is 0.174. The average Bonchev–Trinajstić information content (AvgIpc) is 2.28. The van der Waals surface area contributed by atoms with Crippen molar-refractivity contribution in [2.24, 2.45) is 5.73 Å². The number of pyridine rings is 1. The van der Waals surface area contributed by atoms with E-state index in [4.69, 9.17) is 5.73 Å². The van der Waals surface area contributed by atoms with E-state index >= 15 is 0 Å². The molecule has 0 aliphatic rings. The molecule has 1 rings (SSSR count). The third-order valence-electron chi connectivity index (χ3n) is 1.73. The predicted molar refractivity (Wildman–Crippen MR) is 57.3 cm³/mol. The molecule has 0 bridgehead atoms. The van der Waals surface area contributed by atoms with Gasteiger partial charge < -0.3 is 11.1 Å². The Labute approximate surface area is 95.9 Å². The molecule has 0 radical (unpaired) electrons. The van der Waals surface area contributed by atoms with Gasteiger partial charge in [0.25, 0.3) is 5.91 Å². The van der Waals surface area contributed by atoms with Crippen LogP contribution < -0.4 is 11.1 Å². The fourth-order valence-corrected chi connectivity index (χ4v) is 1.17. The van der Waals surface area contributed by atoms with Crippen molar-refractivity contribution in [3.63, 3.8) is 0 Å². The number of nitrogens with zero attached hydrogens (tertiary/aromatic N) is 1. The van der Waals surface area contributed by atoms with Gasteiger partial charge in [-0.1, -0.05) is 0 Å². The Balaban J connectivity index is 2.49. The van der Waals surface area contributed by atoms with Crippen molar-refractivity contribution in [2.45, 2.75) is 11.4 Å². The summed E-state index contributed by atoms with van der Waals surface area (Å²) in [4.78, 5) is 25.5. The third kappa shape index (κ3) is 3.85. The lowest BCUT2D eigenvalue weighted by Gasteiger charge is -2.03. The Morgan fingerprint density at radius 3 is 2.75 bits per heavy atom. The monoisotopic (exact) mass is 243 g/mol. The maximum absolute atomic E-state index is 12.1. The lowest BCUT2D eigenvalue weighted by atomic mass is 10.2. The average molecular weight is 243 g/mol. The van der Waals surface area contributed by atoms with E-state index in [1.807, 2.05) is 0 Å². The summed E-state index contributed by atoms with van der Waals surface area (Å²) < 4.78 is 12.1. The fraction of sp³-hybridized carbons (Fsp3) is 0.222. The first-order valence-electron chi connectivity index (χ1n) is 4.44. The SMILES string of the molecule is NC(=O)CCNC(=O)c1ccc(SF)nc1. The van der Waals surface area contributed by atoms with Gasteiger partial charge in [0.15, 0.2) is 0 Å². The van der Waals surface area contributed by atoms with Crippen LogP contribution in [0, 0.1) is 0 Å². The molecule has 86 valence electrons. The minimum Gasteiger partial charge on any atom is -0.370 e. The van der Waals surface area contributed by atoms with Crippen molar-refractivity contribution >= 4 is 24.0 Å². The standard InChI is InChI=1S/C9H10FN3O2S/c10-16-8-2-1-6(5-13-8)9(15)12-4-3-7(11)14/h1-2,5H,3-4H2,(H2,11,14)(H,12,15). The van der Waals surface area contributed by atoms with Crippen LogP contribution in [0.3, 0.4) is 0 Å². The lowest BCUT2D eigenvalue weighted by Crippen LogP contribution is -2.27. The van der Waals surface area contributed by atoms with Gasteiger partial charge in [0.1, 0.15) is 17.2 Å². The van der Waals surface area contributed by atoms with Crippen LogP contribution in [0.5, 0.6) is 0 Å². The van der Waals surface area contributed by atoms with Gasteiger partial charge in [-0.05, 0) is 12.1 Å². The normalized spacial score (nSPS) is 9.81. The van der Waals surface area contributed by atoms with Gasteiger partial charge in [-0.2, -0.15) is 3.89 Å². The smallest absolute Gasteiger partial charge is 0.252 e. The van der Waals surface area contributed by atoms with Gasteiger partial charge in [-0.15, -0.1) is 0 Å². The Morgan fingerprint density at radius 2 is 2.25 bits per heavy atom. The minimum atomic E-state index is -0.484. The molecule has 2 amide bonds. The number of carbonyl (C=O) groups is 2. The van der Waals surface area contributed by atoms with Crippen LogP contribution in [0.25, 0.3) is 0 Å². The maximum atomic E-state index is 12.1. The van der Waals surface area contributed by atoms with E-state index in [1.165, 1.54) is 18.3 Å². The van der Waals surface area contributed by atoms with Crippen LogP contribution in [-0.2, 0) is 4.79 Å². The maximum Gasteiger partial charge on any atom is 0.252 e. The largest absolute Gasteiger partial charge is 0.370 e. The van der Waals surface area contributed by atoms with E-state index < -0.39 is 5.91 Å². The third-order valence-corrected chi connectivity index (χ3v) is 2.13. The summed E-state index contributed by atoms with van der Waals surface area (Å²) in [5.74, 6) is -0.855. The highest BCUT2D eigenvalue weighted by molar-refractivity contribution is 7.94. The van der Waals surface area contributed by atoms with E-state index in [2.05, 4.69) is 10.3 Å². The van der Waals surface area contributed by atoms with Gasteiger partial charge >= 0.3 is 0 Å². The molecule has 0 fully saturated rings. The Bertz CT molecular complexity index is 383. The summed E-state index contributed by atoms with van der Waals surface area (Å²) in [6.07, 6.45) is 1.35. The first-order chi connectivity index (χ1) is 7.63. The summed E-state index contributed by atoms with van der Waals surface area (Å²) in [5, 5.41) is 2.68. The molecule has 5 nitrogen and oxygen atoms in total. The van der Waals surface area contributed by atoms with Crippen LogP contribution in [0.4, 0.5) is 3.89 Å². The highest BCUT2D eigenvalue weighted by Crippen LogP contribution is 2.15. The molecule has 0 atom stereocenters. The molecule has 0 aromatic carbocycles. The number of nitrogens with two attached hydrogens (primary N) is 1. The molecule has 0 spiro atoms. The molecule has 1 aromatic heterocycles. The molecule has 0 aliphatic carbocycles. The number of primary amides is 1. The van der Waals surface area contributed by atoms with Gasteiger partial charge in [-0.3, -0.25) is 9.59 Å². The molecule has 0 saturated heterocycles. The summed E-state index contributed by atoms with van der Waals surface area (Å²) in [6, 6.07) is 2.85. The van der Waals surface area contributed by atoms with Crippen LogP contribution in [0.2, 0.25) is 0 Å². The number of halogens is 1. The minimum absolute atomic E-state index is 0.00698. The topological polar surface area (TPSA) is 85.1 Å². The van der Waals surface area contributed by atoms with Crippen LogP contribution in [0.15, 0.2) is 23.4 Å². The number of rotatable bonds is 5. The van der Waals surface area contributed by atoms with E-state index in [1.54, 1.807) is 0 Å². The Morgan fingerprint density at radius 1 is 1.50 bits per heavy atom. The van der Waals surface area contributed by atoms with Gasteiger partial charge in [0.05, 0.1) is 5.56 Å². The number of amides is 2. The van der Waals surface area contributed by atoms with E-state index in [-0.39, 0.29) is 36.0 Å². The number of nitrogens with one attached hydrogen (secondary N) is 1. The number of aromatic nitrogens is 1. The first kappa shape index (κ1) is 12.4. The van der Waals surface area contributed by atoms with Gasteiger partial charge in [0, 0.05) is 19.2 Å².